The summed E-state index contributed by atoms with van der Waals surface area (Å²) in [5, 5.41) is 18.8. The molecule has 1 aromatic heterocycles. The van der Waals surface area contributed by atoms with Gasteiger partial charge in [-0.3, -0.25) is 19.7 Å². The molecule has 2 rings (SSSR count). The van der Waals surface area contributed by atoms with Crippen molar-refractivity contribution in [1.82, 2.24) is 4.98 Å². The Bertz CT molecular complexity index is 774. The number of Topliss-reactive ketones (excluding diaryl/α,β-unsaturated/α-hetero) is 1. The number of hydrogen-bond donors (Lipinski definition) is 1. The van der Waals surface area contributed by atoms with Crippen LogP contribution in [0, 0.1) is 16.0 Å². The summed E-state index contributed by atoms with van der Waals surface area (Å²) < 4.78 is 0. The van der Waals surface area contributed by atoms with Crippen LogP contribution in [0.25, 0.3) is 0 Å². The topological polar surface area (TPSA) is 124 Å². The lowest BCUT2D eigenvalue weighted by Crippen LogP contribution is -2.29. The number of rotatable bonds is 8. The van der Waals surface area contributed by atoms with Gasteiger partial charge in [0.25, 0.3) is 5.69 Å². The van der Waals surface area contributed by atoms with Crippen LogP contribution in [-0.4, -0.2) is 27.8 Å². The summed E-state index contributed by atoms with van der Waals surface area (Å²) in [5.74, 6) is -2.04. The highest BCUT2D eigenvalue weighted by Gasteiger charge is 2.22. The van der Waals surface area contributed by atoms with Gasteiger partial charge in [0, 0.05) is 23.7 Å². The molecule has 0 aliphatic heterocycles. The molecular formula is C15H14N4O5S. The van der Waals surface area contributed by atoms with Crippen molar-refractivity contribution in [2.45, 2.75) is 13.5 Å². The van der Waals surface area contributed by atoms with E-state index < -0.39 is 22.5 Å². The summed E-state index contributed by atoms with van der Waals surface area (Å²) in [6.07, 6.45) is 2.64. The van der Waals surface area contributed by atoms with Gasteiger partial charge >= 0.3 is 0 Å². The molecule has 1 heterocycles. The number of nitrogens with one attached hydrogen (secondary N) is 1. The molecule has 0 radical (unpaired) electrons. The second-order valence-corrected chi connectivity index (χ2v) is 5.76. The highest BCUT2D eigenvalue weighted by atomic mass is 32.1. The van der Waals surface area contributed by atoms with E-state index in [1.54, 1.807) is 5.38 Å². The number of nitrogens with zero attached hydrogens (tertiary/aromatic N) is 3. The molecular weight excluding hydrogens is 348 g/mol. The molecule has 0 saturated heterocycles. The fourth-order valence-electron chi connectivity index (χ4n) is 1.76. The lowest BCUT2D eigenvalue weighted by atomic mass is 10.1. The predicted molar refractivity (Wildman–Crippen MR) is 91.3 cm³/mol. The summed E-state index contributed by atoms with van der Waals surface area (Å²) in [4.78, 5) is 42.6. The third kappa shape index (κ3) is 5.46. The molecule has 0 bridgehead atoms. The molecule has 25 heavy (non-hydrogen) atoms. The van der Waals surface area contributed by atoms with Crippen molar-refractivity contribution in [2.75, 3.05) is 5.32 Å². The molecule has 0 spiro atoms. The lowest BCUT2D eigenvalue weighted by molar-refractivity contribution is -0.384. The minimum absolute atomic E-state index is 0.0252. The van der Waals surface area contributed by atoms with E-state index in [1.807, 2.05) is 0 Å². The largest absolute Gasteiger partial charge is 0.391 e. The number of benzene rings is 1. The fraction of sp³-hybridized carbons (Fsp3) is 0.200. The van der Waals surface area contributed by atoms with Crippen molar-refractivity contribution >= 4 is 40.1 Å². The van der Waals surface area contributed by atoms with E-state index in [9.17, 15) is 19.7 Å². The molecule has 1 atom stereocenters. The van der Waals surface area contributed by atoms with E-state index in [-0.39, 0.29) is 12.3 Å². The van der Waals surface area contributed by atoms with Crippen LogP contribution < -0.4 is 5.32 Å². The molecule has 0 saturated carbocycles. The first-order valence-corrected chi connectivity index (χ1v) is 7.95. The quantitative estimate of drug-likeness (QED) is 0.333. The smallest absolute Gasteiger partial charge is 0.269 e. The highest BCUT2D eigenvalue weighted by Crippen LogP contribution is 2.13. The van der Waals surface area contributed by atoms with Gasteiger partial charge in [-0.25, -0.2) is 4.98 Å². The molecule has 2 aromatic rings. The minimum Gasteiger partial charge on any atom is -0.391 e. The molecule has 0 unspecified atom stereocenters. The average Bonchev–Trinajstić information content (AvgIpc) is 3.07. The molecule has 0 aliphatic rings. The van der Waals surface area contributed by atoms with Crippen LogP contribution in [0.2, 0.25) is 0 Å². The number of anilines is 1. The van der Waals surface area contributed by atoms with Crippen molar-refractivity contribution < 1.29 is 19.3 Å². The Hall–Kier alpha value is -3.14. The Morgan fingerprint density at radius 3 is 2.72 bits per heavy atom. The molecule has 0 aliphatic carbocycles. The molecule has 1 N–H and O–H groups in total. The van der Waals surface area contributed by atoms with Gasteiger partial charge in [0.15, 0.2) is 5.13 Å². The van der Waals surface area contributed by atoms with Gasteiger partial charge in [-0.2, -0.15) is 0 Å². The lowest BCUT2D eigenvalue weighted by Gasteiger charge is -2.07. The van der Waals surface area contributed by atoms with Crippen LogP contribution in [0.4, 0.5) is 10.8 Å². The Morgan fingerprint density at radius 1 is 1.44 bits per heavy atom. The second kappa shape index (κ2) is 8.64. The van der Waals surface area contributed by atoms with Crippen molar-refractivity contribution in [3.8, 4) is 0 Å². The molecule has 0 fully saturated rings. The van der Waals surface area contributed by atoms with Crippen molar-refractivity contribution in [1.29, 1.82) is 0 Å². The van der Waals surface area contributed by atoms with E-state index in [1.165, 1.54) is 48.7 Å². The summed E-state index contributed by atoms with van der Waals surface area (Å²) in [7, 11) is 0. The number of ketones is 1. The van der Waals surface area contributed by atoms with Crippen LogP contribution in [0.3, 0.4) is 0 Å². The van der Waals surface area contributed by atoms with Crippen molar-refractivity contribution in [2.24, 2.45) is 11.1 Å². The second-order valence-electron chi connectivity index (χ2n) is 4.87. The number of oxime groups is 1. The number of non-ortho nitro benzene ring substituents is 1. The van der Waals surface area contributed by atoms with Gasteiger partial charge in [0.1, 0.15) is 18.3 Å². The monoisotopic (exact) mass is 362 g/mol. The number of nitro groups is 1. The van der Waals surface area contributed by atoms with E-state index in [0.717, 1.165) is 6.21 Å². The van der Waals surface area contributed by atoms with Gasteiger partial charge in [-0.15, -0.1) is 11.3 Å². The van der Waals surface area contributed by atoms with E-state index in [0.29, 0.717) is 10.7 Å². The number of amides is 1. The normalized spacial score (nSPS) is 11.9. The maximum Gasteiger partial charge on any atom is 0.269 e. The third-order valence-corrected chi connectivity index (χ3v) is 3.73. The average molecular weight is 362 g/mol. The van der Waals surface area contributed by atoms with Crippen LogP contribution in [0.15, 0.2) is 41.0 Å². The van der Waals surface area contributed by atoms with E-state index in [4.69, 9.17) is 4.84 Å². The first-order valence-electron chi connectivity index (χ1n) is 7.07. The van der Waals surface area contributed by atoms with Gasteiger partial charge in [0.2, 0.25) is 5.91 Å². The standard InChI is InChI=1S/C15H14N4O5S/c1-10(20)13(14(21)18-15-16-6-7-25-15)8-17-24-9-11-2-4-12(5-3-11)19(22)23/h2-8,13H,9H2,1H3,(H,16,18,21)/b17-8-/t13-/m1/s1. The summed E-state index contributed by atoms with van der Waals surface area (Å²) >= 11 is 1.23. The van der Waals surface area contributed by atoms with Crippen LogP contribution >= 0.6 is 11.3 Å². The van der Waals surface area contributed by atoms with Gasteiger partial charge in [0.05, 0.1) is 11.1 Å². The van der Waals surface area contributed by atoms with Gasteiger partial charge in [-0.05, 0) is 24.6 Å². The number of thiazole rings is 1. The van der Waals surface area contributed by atoms with Gasteiger partial charge < -0.3 is 10.2 Å². The number of aromatic nitrogens is 1. The Balaban J connectivity index is 1.89. The van der Waals surface area contributed by atoms with Crippen LogP contribution in [0.1, 0.15) is 12.5 Å². The zero-order valence-corrected chi connectivity index (χ0v) is 13.9. The van der Waals surface area contributed by atoms with Crippen molar-refractivity contribution in [3.63, 3.8) is 0 Å². The molecule has 130 valence electrons. The third-order valence-electron chi connectivity index (χ3n) is 3.05. The number of carbonyl (C=O) groups excluding carboxylic acids is 2. The zero-order valence-electron chi connectivity index (χ0n) is 13.1. The predicted octanol–water partition coefficient (Wildman–Crippen LogP) is 2.40. The first-order chi connectivity index (χ1) is 12.0. The van der Waals surface area contributed by atoms with E-state index >= 15 is 0 Å². The van der Waals surface area contributed by atoms with Crippen LogP contribution in [-0.2, 0) is 21.0 Å². The summed E-state index contributed by atoms with van der Waals surface area (Å²) in [5.41, 5.74) is 0.636. The van der Waals surface area contributed by atoms with Crippen LogP contribution in [0.5, 0.6) is 0 Å². The number of nitro benzene ring substituents is 1. The summed E-state index contributed by atoms with van der Waals surface area (Å²) in [6, 6.07) is 5.76. The fourth-order valence-corrected chi connectivity index (χ4v) is 2.29. The number of hydrogen-bond acceptors (Lipinski definition) is 8. The first kappa shape index (κ1) is 18.2. The molecule has 9 nitrogen and oxygen atoms in total. The number of carbonyl (C=O) groups is 2. The maximum absolute atomic E-state index is 12.0. The minimum atomic E-state index is -1.10. The highest BCUT2D eigenvalue weighted by molar-refractivity contribution is 7.13. The SMILES string of the molecule is CC(=O)[C@@H](/C=N\OCc1ccc([N+](=O)[O-])cc1)C(=O)Nc1nccs1. The molecule has 1 aromatic carbocycles. The maximum atomic E-state index is 12.0. The van der Waals surface area contributed by atoms with Crippen molar-refractivity contribution in [3.05, 3.63) is 51.5 Å². The molecule has 10 heteroatoms. The Labute approximate surface area is 146 Å². The van der Waals surface area contributed by atoms with E-state index in [2.05, 4.69) is 15.5 Å². The summed E-state index contributed by atoms with van der Waals surface area (Å²) in [6.45, 7) is 1.32. The van der Waals surface area contributed by atoms with Gasteiger partial charge in [-0.1, -0.05) is 5.16 Å². The Morgan fingerprint density at radius 2 is 2.16 bits per heavy atom. The molecule has 1 amide bonds. The Kier molecular flexibility index (Phi) is 6.29. The zero-order chi connectivity index (χ0) is 18.2.